The van der Waals surface area contributed by atoms with Crippen molar-refractivity contribution < 1.29 is 19.4 Å². The Bertz CT molecular complexity index is 317. The van der Waals surface area contributed by atoms with Gasteiger partial charge in [0, 0.05) is 12.6 Å². The Morgan fingerprint density at radius 2 is 2.18 bits per heavy atom. The van der Waals surface area contributed by atoms with E-state index in [1.165, 1.54) is 4.90 Å². The first-order chi connectivity index (χ1) is 8.09. The van der Waals surface area contributed by atoms with Crippen LogP contribution in [-0.4, -0.2) is 65.3 Å². The van der Waals surface area contributed by atoms with E-state index in [1.807, 2.05) is 6.92 Å². The molecule has 2 amide bonds. The fraction of sp³-hybridized carbons (Fsp3) is 0.818. The van der Waals surface area contributed by atoms with E-state index in [2.05, 4.69) is 0 Å². The molecule has 1 aliphatic heterocycles. The summed E-state index contributed by atoms with van der Waals surface area (Å²) in [6.45, 7) is 3.32. The number of morpholine rings is 1. The van der Waals surface area contributed by atoms with Crippen LogP contribution in [0.2, 0.25) is 0 Å². The average molecular weight is 242 g/mol. The van der Waals surface area contributed by atoms with Crippen LogP contribution in [0.1, 0.15) is 19.8 Å². The molecule has 1 unspecified atom stereocenters. The minimum absolute atomic E-state index is 0.0197. The van der Waals surface area contributed by atoms with Gasteiger partial charge in [0.2, 0.25) is 0 Å². The maximum atomic E-state index is 12.3. The number of urea groups is 1. The van der Waals surface area contributed by atoms with Crippen LogP contribution in [0.15, 0.2) is 0 Å². The van der Waals surface area contributed by atoms with Crippen molar-refractivity contribution in [2.75, 3.05) is 26.3 Å². The Kier molecular flexibility index (Phi) is 3.51. The molecule has 1 heterocycles. The zero-order valence-corrected chi connectivity index (χ0v) is 9.96. The SMILES string of the molecule is CC1COCCN1C(=O)N(CC(=O)O)C1CC1. The largest absolute Gasteiger partial charge is 0.480 e. The lowest BCUT2D eigenvalue weighted by Gasteiger charge is -2.36. The van der Waals surface area contributed by atoms with E-state index in [0.29, 0.717) is 19.8 Å². The Morgan fingerprint density at radius 3 is 2.71 bits per heavy atom. The molecule has 0 aromatic carbocycles. The number of hydrogen-bond acceptors (Lipinski definition) is 3. The Labute approximate surface area is 100 Å². The quantitative estimate of drug-likeness (QED) is 0.776. The van der Waals surface area contributed by atoms with Gasteiger partial charge < -0.3 is 19.6 Å². The molecule has 2 fully saturated rings. The number of aliphatic carboxylic acids is 1. The zero-order valence-electron chi connectivity index (χ0n) is 9.96. The van der Waals surface area contributed by atoms with Crippen LogP contribution in [0.5, 0.6) is 0 Å². The van der Waals surface area contributed by atoms with Crippen LogP contribution in [0.25, 0.3) is 0 Å². The van der Waals surface area contributed by atoms with E-state index in [-0.39, 0.29) is 24.7 Å². The van der Waals surface area contributed by atoms with Crippen molar-refractivity contribution in [1.82, 2.24) is 9.80 Å². The lowest BCUT2D eigenvalue weighted by Crippen LogP contribution is -2.54. The second-order valence-corrected chi connectivity index (χ2v) is 4.65. The summed E-state index contributed by atoms with van der Waals surface area (Å²) in [7, 11) is 0. The average Bonchev–Trinajstić information content (AvgIpc) is 3.09. The van der Waals surface area contributed by atoms with Gasteiger partial charge in [-0.05, 0) is 19.8 Å². The molecule has 0 radical (unpaired) electrons. The first-order valence-corrected chi connectivity index (χ1v) is 5.96. The third-order valence-corrected chi connectivity index (χ3v) is 3.15. The van der Waals surface area contributed by atoms with Crippen molar-refractivity contribution in [2.24, 2.45) is 0 Å². The summed E-state index contributed by atoms with van der Waals surface area (Å²) in [6, 6.07) is -0.0226. The van der Waals surface area contributed by atoms with Crippen molar-refractivity contribution in [3.63, 3.8) is 0 Å². The number of amides is 2. The van der Waals surface area contributed by atoms with E-state index < -0.39 is 5.97 Å². The van der Waals surface area contributed by atoms with Crippen molar-refractivity contribution >= 4 is 12.0 Å². The zero-order chi connectivity index (χ0) is 12.4. The molecule has 1 aliphatic carbocycles. The number of hydrogen-bond donors (Lipinski definition) is 1. The summed E-state index contributed by atoms with van der Waals surface area (Å²) in [5.74, 6) is -0.953. The monoisotopic (exact) mass is 242 g/mol. The van der Waals surface area contributed by atoms with Crippen LogP contribution in [0, 0.1) is 0 Å². The minimum Gasteiger partial charge on any atom is -0.480 e. The molecule has 1 saturated heterocycles. The number of ether oxygens (including phenoxy) is 1. The van der Waals surface area contributed by atoms with Gasteiger partial charge in [-0.1, -0.05) is 0 Å². The molecular formula is C11H18N2O4. The number of carbonyl (C=O) groups is 2. The van der Waals surface area contributed by atoms with Gasteiger partial charge in [0.25, 0.3) is 0 Å². The lowest BCUT2D eigenvalue weighted by molar-refractivity contribution is -0.138. The van der Waals surface area contributed by atoms with Crippen LogP contribution < -0.4 is 0 Å². The van der Waals surface area contributed by atoms with Crippen molar-refractivity contribution in [3.8, 4) is 0 Å². The molecule has 96 valence electrons. The van der Waals surface area contributed by atoms with Gasteiger partial charge in [-0.2, -0.15) is 0 Å². The molecule has 0 spiro atoms. The number of nitrogens with zero attached hydrogens (tertiary/aromatic N) is 2. The number of carboxylic acids is 1. The van der Waals surface area contributed by atoms with Crippen LogP contribution in [0.3, 0.4) is 0 Å². The Hall–Kier alpha value is -1.30. The number of carboxylic acid groups (broad SMARTS) is 1. The number of carbonyl (C=O) groups excluding carboxylic acids is 1. The van der Waals surface area contributed by atoms with Crippen LogP contribution in [0.4, 0.5) is 4.79 Å². The van der Waals surface area contributed by atoms with E-state index >= 15 is 0 Å². The van der Waals surface area contributed by atoms with Crippen LogP contribution >= 0.6 is 0 Å². The molecule has 17 heavy (non-hydrogen) atoms. The second kappa shape index (κ2) is 4.91. The van der Waals surface area contributed by atoms with Crippen LogP contribution in [-0.2, 0) is 9.53 Å². The highest BCUT2D eigenvalue weighted by atomic mass is 16.5. The maximum absolute atomic E-state index is 12.3. The summed E-state index contributed by atoms with van der Waals surface area (Å²) < 4.78 is 5.27. The lowest BCUT2D eigenvalue weighted by atomic mass is 10.2. The molecule has 1 N–H and O–H groups in total. The normalized spacial score (nSPS) is 24.5. The molecule has 6 heteroatoms. The van der Waals surface area contributed by atoms with Gasteiger partial charge >= 0.3 is 12.0 Å². The minimum atomic E-state index is -0.953. The molecule has 2 rings (SSSR count). The maximum Gasteiger partial charge on any atom is 0.323 e. The Morgan fingerprint density at radius 1 is 1.47 bits per heavy atom. The first-order valence-electron chi connectivity index (χ1n) is 5.96. The van der Waals surface area contributed by atoms with Gasteiger partial charge in [0.15, 0.2) is 0 Å². The summed E-state index contributed by atoms with van der Waals surface area (Å²) in [5.41, 5.74) is 0. The van der Waals surface area contributed by atoms with E-state index in [1.54, 1.807) is 4.90 Å². The smallest absolute Gasteiger partial charge is 0.323 e. The first kappa shape index (κ1) is 12.2. The standard InChI is InChI=1S/C11H18N2O4/c1-8-7-17-5-4-12(8)11(16)13(6-10(14)15)9-2-3-9/h8-9H,2-7H2,1H3,(H,14,15). The van der Waals surface area contributed by atoms with E-state index in [4.69, 9.17) is 9.84 Å². The van der Waals surface area contributed by atoms with E-state index in [0.717, 1.165) is 12.8 Å². The third kappa shape index (κ3) is 2.88. The Balaban J connectivity index is 2.01. The molecule has 0 aromatic rings. The summed E-state index contributed by atoms with van der Waals surface area (Å²) >= 11 is 0. The highest BCUT2D eigenvalue weighted by Crippen LogP contribution is 2.28. The van der Waals surface area contributed by atoms with Gasteiger partial charge in [0.05, 0.1) is 19.3 Å². The van der Waals surface area contributed by atoms with Gasteiger partial charge in [-0.15, -0.1) is 0 Å². The highest BCUT2D eigenvalue weighted by Gasteiger charge is 2.37. The van der Waals surface area contributed by atoms with E-state index in [9.17, 15) is 9.59 Å². The van der Waals surface area contributed by atoms with Crippen molar-refractivity contribution in [3.05, 3.63) is 0 Å². The molecule has 0 bridgehead atoms. The summed E-state index contributed by atoms with van der Waals surface area (Å²) in [6.07, 6.45) is 1.83. The predicted molar refractivity (Wildman–Crippen MR) is 59.7 cm³/mol. The highest BCUT2D eigenvalue weighted by molar-refractivity contribution is 5.81. The molecular weight excluding hydrogens is 224 g/mol. The number of rotatable bonds is 3. The van der Waals surface area contributed by atoms with Gasteiger partial charge in [-0.25, -0.2) is 4.79 Å². The topological polar surface area (TPSA) is 70.1 Å². The third-order valence-electron chi connectivity index (χ3n) is 3.15. The summed E-state index contributed by atoms with van der Waals surface area (Å²) in [4.78, 5) is 26.2. The van der Waals surface area contributed by atoms with Crippen molar-refractivity contribution in [2.45, 2.75) is 31.8 Å². The molecule has 2 aliphatic rings. The van der Waals surface area contributed by atoms with Gasteiger partial charge in [-0.3, -0.25) is 4.79 Å². The van der Waals surface area contributed by atoms with Gasteiger partial charge in [0.1, 0.15) is 6.54 Å². The molecule has 0 aromatic heterocycles. The van der Waals surface area contributed by atoms with Crippen molar-refractivity contribution in [1.29, 1.82) is 0 Å². The summed E-state index contributed by atoms with van der Waals surface area (Å²) in [5, 5.41) is 8.84. The molecule has 1 atom stereocenters. The predicted octanol–water partition coefficient (Wildman–Crippen LogP) is 0.376. The molecule has 1 saturated carbocycles. The second-order valence-electron chi connectivity index (χ2n) is 4.65. The molecule has 6 nitrogen and oxygen atoms in total. The fourth-order valence-electron chi connectivity index (χ4n) is 2.06. The fourth-order valence-corrected chi connectivity index (χ4v) is 2.06.